The molecular formula is C31H36N4O2. The highest BCUT2D eigenvalue weighted by atomic mass is 16.5. The number of carbonyl (C=O) groups is 1. The summed E-state index contributed by atoms with van der Waals surface area (Å²) in [5, 5.41) is 4.68. The molecule has 1 aliphatic heterocycles. The number of fused-ring (bicyclic) bond motifs is 2. The van der Waals surface area contributed by atoms with E-state index in [9.17, 15) is 4.79 Å². The van der Waals surface area contributed by atoms with Crippen LogP contribution < -0.4 is 15.0 Å². The van der Waals surface area contributed by atoms with Gasteiger partial charge in [-0.05, 0) is 92.8 Å². The highest BCUT2D eigenvalue weighted by molar-refractivity contribution is 6.08. The van der Waals surface area contributed by atoms with Gasteiger partial charge in [0.25, 0.3) is 5.91 Å². The van der Waals surface area contributed by atoms with Crippen molar-refractivity contribution in [2.75, 3.05) is 43.5 Å². The molecule has 1 aromatic heterocycles. The molecule has 1 aliphatic rings. The average Bonchev–Trinajstić information content (AvgIpc) is 3.30. The summed E-state index contributed by atoms with van der Waals surface area (Å²) in [6.45, 7) is 7.40. The smallest absolute Gasteiger partial charge is 0.258 e. The first kappa shape index (κ1) is 24.9. The summed E-state index contributed by atoms with van der Waals surface area (Å²) in [5.74, 6) is 0.726. The standard InChI is InChI=1S/C31H36N4O2/c1-4-16-34(3)18-19-37-30-21-25(9-11-26(30)23-10-12-27-24(20-23)13-15-32-27)31(36)35-17-14-22(2)33-28-7-5-6-8-29(28)35/h5-13,15,20-22,32-33H,4,14,16-19H2,1-3H3/t22-/m0/s1. The van der Waals surface area contributed by atoms with Crippen LogP contribution in [0.1, 0.15) is 37.0 Å². The Labute approximate surface area is 219 Å². The summed E-state index contributed by atoms with van der Waals surface area (Å²) in [5.41, 5.74) is 5.70. The first-order valence-corrected chi connectivity index (χ1v) is 13.2. The number of anilines is 2. The van der Waals surface area contributed by atoms with E-state index in [4.69, 9.17) is 4.74 Å². The Morgan fingerprint density at radius 1 is 1.08 bits per heavy atom. The number of ether oxygens (including phenoxy) is 1. The van der Waals surface area contributed by atoms with Crippen molar-refractivity contribution in [2.24, 2.45) is 0 Å². The largest absolute Gasteiger partial charge is 0.492 e. The van der Waals surface area contributed by atoms with Crippen LogP contribution in [0.15, 0.2) is 72.9 Å². The number of H-pyrrole nitrogens is 1. The molecule has 0 bridgehead atoms. The van der Waals surface area contributed by atoms with Gasteiger partial charge in [0.2, 0.25) is 0 Å². The summed E-state index contributed by atoms with van der Waals surface area (Å²) in [6.07, 6.45) is 3.93. The number of benzene rings is 3. The highest BCUT2D eigenvalue weighted by Gasteiger charge is 2.25. The number of nitrogens with zero attached hydrogens (tertiary/aromatic N) is 2. The van der Waals surface area contributed by atoms with Crippen LogP contribution in [-0.2, 0) is 0 Å². The fraction of sp³-hybridized carbons (Fsp3) is 0.323. The van der Waals surface area contributed by atoms with Crippen molar-refractivity contribution in [3.63, 3.8) is 0 Å². The quantitative estimate of drug-likeness (QED) is 0.296. The summed E-state index contributed by atoms with van der Waals surface area (Å²) >= 11 is 0. The van der Waals surface area contributed by atoms with Crippen LogP contribution in [-0.4, -0.2) is 55.1 Å². The van der Waals surface area contributed by atoms with E-state index in [0.29, 0.717) is 24.8 Å². The van der Waals surface area contributed by atoms with E-state index < -0.39 is 0 Å². The first-order chi connectivity index (χ1) is 18.0. The van der Waals surface area contributed by atoms with Gasteiger partial charge in [-0.25, -0.2) is 0 Å². The zero-order chi connectivity index (χ0) is 25.8. The molecule has 0 spiro atoms. The zero-order valence-electron chi connectivity index (χ0n) is 22.0. The monoisotopic (exact) mass is 496 g/mol. The summed E-state index contributed by atoms with van der Waals surface area (Å²) in [4.78, 5) is 21.3. The second-order valence-electron chi connectivity index (χ2n) is 9.95. The van der Waals surface area contributed by atoms with Crippen molar-refractivity contribution in [3.05, 3.63) is 78.5 Å². The molecule has 37 heavy (non-hydrogen) atoms. The van der Waals surface area contributed by atoms with E-state index in [0.717, 1.165) is 65.1 Å². The number of likely N-dealkylation sites (N-methyl/N-ethyl adjacent to an activating group) is 1. The van der Waals surface area contributed by atoms with Gasteiger partial charge in [0.15, 0.2) is 0 Å². The van der Waals surface area contributed by atoms with Crippen molar-refractivity contribution >= 4 is 28.2 Å². The number of para-hydroxylation sites is 2. The van der Waals surface area contributed by atoms with E-state index >= 15 is 0 Å². The lowest BCUT2D eigenvalue weighted by Gasteiger charge is -2.23. The fourth-order valence-electron chi connectivity index (χ4n) is 5.02. The van der Waals surface area contributed by atoms with Crippen molar-refractivity contribution in [1.82, 2.24) is 9.88 Å². The number of aromatic nitrogens is 1. The van der Waals surface area contributed by atoms with E-state index in [1.165, 1.54) is 0 Å². The maximum atomic E-state index is 13.9. The Morgan fingerprint density at radius 2 is 1.95 bits per heavy atom. The fourth-order valence-corrected chi connectivity index (χ4v) is 5.02. The van der Waals surface area contributed by atoms with Gasteiger partial charge in [-0.1, -0.05) is 25.1 Å². The third-order valence-electron chi connectivity index (χ3n) is 7.06. The number of nitrogens with one attached hydrogen (secondary N) is 2. The number of aromatic amines is 1. The highest BCUT2D eigenvalue weighted by Crippen LogP contribution is 2.35. The predicted molar refractivity (Wildman–Crippen MR) is 153 cm³/mol. The van der Waals surface area contributed by atoms with E-state index in [1.807, 2.05) is 53.6 Å². The molecule has 1 amide bonds. The molecule has 1 atom stereocenters. The van der Waals surface area contributed by atoms with Gasteiger partial charge in [0.05, 0.1) is 11.4 Å². The molecule has 0 radical (unpaired) electrons. The molecule has 0 saturated heterocycles. The van der Waals surface area contributed by atoms with Gasteiger partial charge >= 0.3 is 0 Å². The summed E-state index contributed by atoms with van der Waals surface area (Å²) in [6, 6.07) is 22.6. The number of amides is 1. The van der Waals surface area contributed by atoms with E-state index in [2.05, 4.69) is 60.4 Å². The molecule has 6 heteroatoms. The maximum Gasteiger partial charge on any atom is 0.258 e. The zero-order valence-corrected chi connectivity index (χ0v) is 22.0. The Balaban J connectivity index is 1.48. The van der Waals surface area contributed by atoms with Crippen molar-refractivity contribution < 1.29 is 9.53 Å². The van der Waals surface area contributed by atoms with Crippen LogP contribution in [0.4, 0.5) is 11.4 Å². The van der Waals surface area contributed by atoms with Crippen LogP contribution in [0.5, 0.6) is 5.75 Å². The maximum absolute atomic E-state index is 13.9. The van der Waals surface area contributed by atoms with Crippen LogP contribution in [0.25, 0.3) is 22.0 Å². The van der Waals surface area contributed by atoms with Gasteiger partial charge in [-0.15, -0.1) is 0 Å². The van der Waals surface area contributed by atoms with Gasteiger partial charge < -0.3 is 24.8 Å². The predicted octanol–water partition coefficient (Wildman–Crippen LogP) is 6.41. The van der Waals surface area contributed by atoms with Gasteiger partial charge in [0.1, 0.15) is 12.4 Å². The molecule has 192 valence electrons. The molecule has 3 aromatic carbocycles. The Bertz CT molecular complexity index is 1380. The van der Waals surface area contributed by atoms with Gasteiger partial charge in [0, 0.05) is 42.0 Å². The summed E-state index contributed by atoms with van der Waals surface area (Å²) in [7, 11) is 2.11. The van der Waals surface area contributed by atoms with Crippen molar-refractivity contribution in [3.8, 4) is 16.9 Å². The third kappa shape index (κ3) is 5.49. The Morgan fingerprint density at radius 3 is 2.81 bits per heavy atom. The van der Waals surface area contributed by atoms with Crippen LogP contribution in [0.3, 0.4) is 0 Å². The van der Waals surface area contributed by atoms with Crippen LogP contribution in [0.2, 0.25) is 0 Å². The molecule has 6 nitrogen and oxygen atoms in total. The molecule has 5 rings (SSSR count). The minimum Gasteiger partial charge on any atom is -0.492 e. The van der Waals surface area contributed by atoms with Crippen molar-refractivity contribution in [1.29, 1.82) is 0 Å². The van der Waals surface area contributed by atoms with E-state index in [1.54, 1.807) is 0 Å². The van der Waals surface area contributed by atoms with Gasteiger partial charge in [-0.2, -0.15) is 0 Å². The molecule has 4 aromatic rings. The number of carbonyl (C=O) groups excluding carboxylic acids is 1. The SMILES string of the molecule is CCCN(C)CCOc1cc(C(=O)N2CC[C@H](C)Nc3ccccc32)ccc1-c1ccc2[nH]ccc2c1. The third-order valence-corrected chi connectivity index (χ3v) is 7.06. The minimum absolute atomic E-state index is 0.0102. The molecule has 0 aliphatic carbocycles. The molecule has 0 fully saturated rings. The van der Waals surface area contributed by atoms with E-state index in [-0.39, 0.29) is 5.91 Å². The Hall–Kier alpha value is -3.77. The Kier molecular flexibility index (Phi) is 7.47. The van der Waals surface area contributed by atoms with Crippen molar-refractivity contribution in [2.45, 2.75) is 32.7 Å². The van der Waals surface area contributed by atoms with Crippen LogP contribution in [0, 0.1) is 0 Å². The van der Waals surface area contributed by atoms with Gasteiger partial charge in [-0.3, -0.25) is 4.79 Å². The molecular weight excluding hydrogens is 460 g/mol. The lowest BCUT2D eigenvalue weighted by atomic mass is 10.0. The molecule has 2 N–H and O–H groups in total. The lowest BCUT2D eigenvalue weighted by molar-refractivity contribution is 0.0986. The summed E-state index contributed by atoms with van der Waals surface area (Å²) < 4.78 is 6.36. The normalized spacial score (nSPS) is 15.4. The topological polar surface area (TPSA) is 60.6 Å². The minimum atomic E-state index is -0.0102. The van der Waals surface area contributed by atoms with Crippen LogP contribution >= 0.6 is 0 Å². The second kappa shape index (κ2) is 11.1. The number of rotatable bonds is 8. The average molecular weight is 497 g/mol. The molecule has 0 saturated carbocycles. The number of hydrogen-bond acceptors (Lipinski definition) is 4. The molecule has 0 unspecified atom stereocenters. The first-order valence-electron chi connectivity index (χ1n) is 13.2. The number of hydrogen-bond donors (Lipinski definition) is 2. The lowest BCUT2D eigenvalue weighted by Crippen LogP contribution is -2.32. The molecule has 2 heterocycles. The second-order valence-corrected chi connectivity index (χ2v) is 9.95.